The molecule has 5 nitrogen and oxygen atoms in total. The Morgan fingerprint density at radius 3 is 0.951 bits per heavy atom. The summed E-state index contributed by atoms with van der Waals surface area (Å²) < 4.78 is 34.4. The van der Waals surface area contributed by atoms with Crippen molar-refractivity contribution < 1.29 is 21.2 Å². The molecule has 0 aliphatic carbocycles. The summed E-state index contributed by atoms with van der Waals surface area (Å²) in [5.41, 5.74) is 0. The molecule has 10 heteroatoms. The van der Waals surface area contributed by atoms with Gasteiger partial charge in [-0.1, -0.05) is 94.4 Å². The highest BCUT2D eigenvalue weighted by molar-refractivity contribution is 6.92. The molecule has 248 valence electrons. The molecular weight excluding hydrogens is 593 g/mol. The summed E-state index contributed by atoms with van der Waals surface area (Å²) in [6.07, 6.45) is 7.24. The van der Waals surface area contributed by atoms with E-state index in [0.717, 1.165) is 31.7 Å². The second kappa shape index (κ2) is 15.9. The van der Waals surface area contributed by atoms with Crippen molar-refractivity contribution in [3.05, 3.63) is 0 Å². The molecule has 0 rings (SSSR count). The van der Waals surface area contributed by atoms with Crippen molar-refractivity contribution in [2.45, 2.75) is 188 Å². The lowest BCUT2D eigenvalue weighted by molar-refractivity contribution is 0.188. The fraction of sp³-hybridized carbons (Fsp3) is 1.00. The molecule has 0 aromatic rings. The second-order valence-electron chi connectivity index (χ2n) is 16.9. The maximum absolute atomic E-state index is 7.46. The minimum absolute atomic E-state index is 0.0969. The lowest BCUT2D eigenvalue weighted by Gasteiger charge is -2.52. The van der Waals surface area contributed by atoms with Crippen LogP contribution < -0.4 is 0 Å². The lowest BCUT2D eigenvalue weighted by Crippen LogP contribution is -2.65. The van der Waals surface area contributed by atoms with Crippen LogP contribution in [0.15, 0.2) is 0 Å². The van der Waals surface area contributed by atoms with E-state index in [-0.39, 0.29) is 15.1 Å². The van der Waals surface area contributed by atoms with Gasteiger partial charge in [-0.3, -0.25) is 0 Å². The van der Waals surface area contributed by atoms with Crippen molar-refractivity contribution in [2.75, 3.05) is 13.2 Å². The number of hydrogen-bond acceptors (Lipinski definition) is 5. The van der Waals surface area contributed by atoms with Crippen LogP contribution in [-0.4, -0.2) is 55.5 Å². The minimum atomic E-state index is -2.99. The van der Waals surface area contributed by atoms with Crippen LogP contribution in [0.25, 0.3) is 0 Å². The summed E-state index contributed by atoms with van der Waals surface area (Å²) in [6, 6.07) is 2.02. The quantitative estimate of drug-likeness (QED) is 0.101. The van der Waals surface area contributed by atoms with Crippen molar-refractivity contribution in [2.24, 2.45) is 0 Å². The monoisotopic (exact) mass is 666 g/mol. The average molecular weight is 667 g/mol. The molecule has 0 aromatic carbocycles. The van der Waals surface area contributed by atoms with Crippen molar-refractivity contribution >= 4 is 42.3 Å². The van der Waals surface area contributed by atoms with Gasteiger partial charge < -0.3 is 21.2 Å². The summed E-state index contributed by atoms with van der Waals surface area (Å²) in [5, 5.41) is 0.291. The van der Waals surface area contributed by atoms with Gasteiger partial charge in [0.1, 0.15) is 0 Å². The minimum Gasteiger partial charge on any atom is -0.416 e. The van der Waals surface area contributed by atoms with Crippen LogP contribution in [0, 0.1) is 0 Å². The summed E-state index contributed by atoms with van der Waals surface area (Å²) in [6.45, 7) is 43.1. The highest BCUT2D eigenvalue weighted by atomic mass is 28.5. The Balaban J connectivity index is 5.85. The molecule has 0 heterocycles. The normalized spacial score (nSPS) is 15.1. The van der Waals surface area contributed by atoms with Gasteiger partial charge in [-0.15, -0.1) is 0 Å². The largest absolute Gasteiger partial charge is 0.469 e. The summed E-state index contributed by atoms with van der Waals surface area (Å²) >= 11 is 0. The maximum atomic E-state index is 7.46. The summed E-state index contributed by atoms with van der Waals surface area (Å²) in [7, 11) is -11.4. The van der Waals surface area contributed by atoms with E-state index >= 15 is 0 Å². The summed E-state index contributed by atoms with van der Waals surface area (Å²) in [5.74, 6) is 0. The number of hydrogen-bond donors (Lipinski definition) is 0. The third kappa shape index (κ3) is 13.8. The molecule has 0 radical (unpaired) electrons. The van der Waals surface area contributed by atoms with Crippen LogP contribution in [0.4, 0.5) is 0 Å². The van der Waals surface area contributed by atoms with Crippen molar-refractivity contribution in [3.63, 3.8) is 0 Å². The zero-order valence-corrected chi connectivity index (χ0v) is 36.1. The number of rotatable bonds is 19. The molecule has 0 spiro atoms. The van der Waals surface area contributed by atoms with E-state index in [2.05, 4.69) is 122 Å². The smallest absolute Gasteiger partial charge is 0.416 e. The van der Waals surface area contributed by atoms with Crippen LogP contribution >= 0.6 is 0 Å². The van der Waals surface area contributed by atoms with E-state index in [4.69, 9.17) is 21.2 Å². The van der Waals surface area contributed by atoms with Crippen LogP contribution in [-0.2, 0) is 21.2 Å². The first-order chi connectivity index (χ1) is 18.2. The zero-order valence-electron chi connectivity index (χ0n) is 31.1. The zero-order chi connectivity index (χ0) is 32.6. The molecule has 0 atom stereocenters. The molecule has 0 fully saturated rings. The Morgan fingerprint density at radius 1 is 0.415 bits per heavy atom. The van der Waals surface area contributed by atoms with Crippen molar-refractivity contribution in [3.8, 4) is 0 Å². The average Bonchev–Trinajstić information content (AvgIpc) is 2.72. The van der Waals surface area contributed by atoms with E-state index in [9.17, 15) is 0 Å². The Kier molecular flexibility index (Phi) is 16.3. The van der Waals surface area contributed by atoms with Gasteiger partial charge in [0.05, 0.1) is 0 Å². The van der Waals surface area contributed by atoms with Crippen molar-refractivity contribution in [1.82, 2.24) is 0 Å². The van der Waals surface area contributed by atoms with Gasteiger partial charge in [-0.2, -0.15) is 0 Å². The highest BCUT2D eigenvalue weighted by Crippen LogP contribution is 2.47. The van der Waals surface area contributed by atoms with Gasteiger partial charge in [0, 0.05) is 19.3 Å². The molecule has 41 heavy (non-hydrogen) atoms. The van der Waals surface area contributed by atoms with Gasteiger partial charge in [0.25, 0.3) is 0 Å². The predicted molar refractivity (Wildman–Crippen MR) is 193 cm³/mol. The van der Waals surface area contributed by atoms with E-state index in [1.165, 1.54) is 32.1 Å². The van der Waals surface area contributed by atoms with E-state index in [1.54, 1.807) is 0 Å². The van der Waals surface area contributed by atoms with Gasteiger partial charge in [-0.25, -0.2) is 0 Å². The molecule has 0 N–H and O–H groups in total. The molecule has 0 aromatic heterocycles. The fourth-order valence-electron chi connectivity index (χ4n) is 4.13. The highest BCUT2D eigenvalue weighted by Gasteiger charge is 2.57. The Labute approximate surface area is 263 Å². The van der Waals surface area contributed by atoms with Gasteiger partial charge in [0.2, 0.25) is 0 Å². The summed E-state index contributed by atoms with van der Waals surface area (Å²) in [4.78, 5) is 0. The SMILES string of the molecule is CCO[Si](C)(CCCCCCCC[Si](O[Si](C)(C)C(C)(C)C)(O[Si](C)(C)C(C)(C)C)O[Si](C)(C)C(C)(C)C)OCC. The van der Waals surface area contributed by atoms with E-state index in [1.807, 2.05) is 0 Å². The van der Waals surface area contributed by atoms with E-state index in [0.29, 0.717) is 0 Å². The predicted octanol–water partition coefficient (Wildman–Crippen LogP) is 11.5. The molecule has 0 bridgehead atoms. The molecule has 0 amide bonds. The molecule has 0 saturated carbocycles. The maximum Gasteiger partial charge on any atom is 0.469 e. The van der Waals surface area contributed by atoms with Crippen LogP contribution in [0.5, 0.6) is 0 Å². The topological polar surface area (TPSA) is 46.2 Å². The first kappa shape index (κ1) is 41.9. The van der Waals surface area contributed by atoms with Crippen LogP contribution in [0.1, 0.15) is 115 Å². The Bertz CT molecular complexity index is 676. The van der Waals surface area contributed by atoms with Crippen LogP contribution in [0.2, 0.25) is 73.0 Å². The molecule has 0 aliphatic heterocycles. The van der Waals surface area contributed by atoms with Gasteiger partial charge >= 0.3 is 17.4 Å². The van der Waals surface area contributed by atoms with Gasteiger partial charge in [-0.05, 0) is 87.3 Å². The molecule has 0 saturated heterocycles. The number of unbranched alkanes of at least 4 members (excludes halogenated alkanes) is 5. The first-order valence-electron chi connectivity index (χ1n) is 16.6. The lowest BCUT2D eigenvalue weighted by atomic mass is 10.1. The Hall–Kier alpha value is 0.884. The standard InChI is InChI=1S/C31H74O5Si5/c1-19-32-40(18,33-20-2)27-25-23-21-22-24-26-28-41(34-37(12,13)29(3,4)5,35-38(14,15)30(6,7)8)36-39(16,17)31(9,10)11/h19-28H2,1-18H3. The molecule has 0 unspecified atom stereocenters. The third-order valence-corrected chi connectivity index (χ3v) is 34.6. The third-order valence-electron chi connectivity index (χ3n) is 9.91. The van der Waals surface area contributed by atoms with Crippen molar-refractivity contribution in [1.29, 1.82) is 0 Å². The van der Waals surface area contributed by atoms with Crippen LogP contribution in [0.3, 0.4) is 0 Å². The van der Waals surface area contributed by atoms with E-state index < -0.39 is 42.3 Å². The fourth-order valence-corrected chi connectivity index (χ4v) is 23.2. The molecular formula is C31H74O5Si5. The first-order valence-corrected chi connectivity index (χ1v) is 29.8. The second-order valence-corrected chi connectivity index (χ2v) is 38.1. The Morgan fingerprint density at radius 2 is 0.683 bits per heavy atom. The molecule has 0 aliphatic rings. The van der Waals surface area contributed by atoms with Gasteiger partial charge in [0.15, 0.2) is 25.0 Å².